The van der Waals surface area contributed by atoms with E-state index in [-0.39, 0.29) is 5.56 Å². The van der Waals surface area contributed by atoms with Gasteiger partial charge >= 0.3 is 12.1 Å². The number of nitrogens with one attached hydrogen (secondary N) is 2. The molecule has 0 saturated carbocycles. The van der Waals surface area contributed by atoms with Crippen molar-refractivity contribution in [3.8, 4) is 5.75 Å². The van der Waals surface area contributed by atoms with Crippen molar-refractivity contribution >= 4 is 23.7 Å². The van der Waals surface area contributed by atoms with Crippen LogP contribution in [-0.4, -0.2) is 37.3 Å². The zero-order valence-electron chi connectivity index (χ0n) is 17.5. The van der Waals surface area contributed by atoms with Crippen LogP contribution in [0.15, 0.2) is 48.5 Å². The Labute approximate surface area is 175 Å². The number of anilines is 1. The van der Waals surface area contributed by atoms with E-state index in [1.54, 1.807) is 52.1 Å². The van der Waals surface area contributed by atoms with Crippen molar-refractivity contribution in [1.82, 2.24) is 5.32 Å². The highest BCUT2D eigenvalue weighted by atomic mass is 16.6. The fourth-order valence-electron chi connectivity index (χ4n) is 2.35. The highest BCUT2D eigenvalue weighted by Crippen LogP contribution is 2.14. The van der Waals surface area contributed by atoms with Gasteiger partial charge in [-0.05, 0) is 56.7 Å². The Morgan fingerprint density at radius 3 is 2.33 bits per heavy atom. The highest BCUT2D eigenvalue weighted by Gasteiger charge is 2.17. The van der Waals surface area contributed by atoms with Gasteiger partial charge in [0.1, 0.15) is 11.4 Å². The summed E-state index contributed by atoms with van der Waals surface area (Å²) in [5.74, 6) is -0.382. The van der Waals surface area contributed by atoms with Crippen LogP contribution >= 0.6 is 0 Å². The maximum absolute atomic E-state index is 12.2. The van der Waals surface area contributed by atoms with Crippen LogP contribution in [-0.2, 0) is 20.8 Å². The first-order valence-electron chi connectivity index (χ1n) is 9.33. The second-order valence-corrected chi connectivity index (χ2v) is 7.41. The molecule has 8 heteroatoms. The van der Waals surface area contributed by atoms with Gasteiger partial charge in [0.2, 0.25) is 0 Å². The van der Waals surface area contributed by atoms with Crippen LogP contribution < -0.4 is 15.4 Å². The van der Waals surface area contributed by atoms with E-state index in [1.165, 1.54) is 12.1 Å². The number of benzene rings is 2. The molecule has 0 aliphatic carbocycles. The van der Waals surface area contributed by atoms with E-state index >= 15 is 0 Å². The first-order valence-corrected chi connectivity index (χ1v) is 9.33. The second-order valence-electron chi connectivity index (χ2n) is 7.41. The SMILES string of the molecule is COc1ccc(CNC(=O)COC(=O)c2cccc(NC(=O)OC(C)(C)C)c2)cc1. The molecule has 2 N–H and O–H groups in total. The lowest BCUT2D eigenvalue weighted by Crippen LogP contribution is -2.28. The van der Waals surface area contributed by atoms with Gasteiger partial charge in [-0.1, -0.05) is 18.2 Å². The van der Waals surface area contributed by atoms with Gasteiger partial charge in [-0.3, -0.25) is 10.1 Å². The number of carbonyl (C=O) groups excluding carboxylic acids is 3. The minimum atomic E-state index is -0.678. The van der Waals surface area contributed by atoms with Crippen LogP contribution in [0.2, 0.25) is 0 Å². The van der Waals surface area contributed by atoms with Crippen LogP contribution in [0.25, 0.3) is 0 Å². The molecule has 2 amide bonds. The third-order valence-corrected chi connectivity index (χ3v) is 3.73. The van der Waals surface area contributed by atoms with E-state index in [1.807, 2.05) is 12.1 Å². The number of methoxy groups -OCH3 is 1. The van der Waals surface area contributed by atoms with Crippen LogP contribution in [0.4, 0.5) is 10.5 Å². The van der Waals surface area contributed by atoms with E-state index in [0.717, 1.165) is 11.3 Å². The fraction of sp³-hybridized carbons (Fsp3) is 0.318. The molecule has 0 radical (unpaired) electrons. The third-order valence-electron chi connectivity index (χ3n) is 3.73. The Kier molecular flexibility index (Phi) is 7.80. The molecule has 0 aliphatic rings. The molecule has 160 valence electrons. The molecule has 0 aliphatic heterocycles. The highest BCUT2D eigenvalue weighted by molar-refractivity contribution is 5.93. The molecule has 2 aromatic rings. The van der Waals surface area contributed by atoms with Crippen molar-refractivity contribution < 1.29 is 28.6 Å². The van der Waals surface area contributed by atoms with Crippen molar-refractivity contribution in [2.75, 3.05) is 19.0 Å². The predicted octanol–water partition coefficient (Wildman–Crippen LogP) is 3.52. The molecule has 0 fully saturated rings. The summed E-state index contributed by atoms with van der Waals surface area (Å²) in [4.78, 5) is 36.0. The van der Waals surface area contributed by atoms with Crippen molar-refractivity contribution in [3.05, 3.63) is 59.7 Å². The molecule has 0 heterocycles. The van der Waals surface area contributed by atoms with E-state index in [0.29, 0.717) is 12.2 Å². The molecule has 0 spiro atoms. The van der Waals surface area contributed by atoms with Gasteiger partial charge < -0.3 is 19.5 Å². The predicted molar refractivity (Wildman–Crippen MR) is 111 cm³/mol. The minimum Gasteiger partial charge on any atom is -0.497 e. The molecule has 0 saturated heterocycles. The lowest BCUT2D eigenvalue weighted by Gasteiger charge is -2.19. The Balaban J connectivity index is 1.82. The van der Waals surface area contributed by atoms with Gasteiger partial charge in [0, 0.05) is 12.2 Å². The van der Waals surface area contributed by atoms with Crippen LogP contribution in [0, 0.1) is 0 Å². The molecule has 0 aromatic heterocycles. The number of hydrogen-bond acceptors (Lipinski definition) is 6. The van der Waals surface area contributed by atoms with Crippen molar-refractivity contribution in [2.24, 2.45) is 0 Å². The van der Waals surface area contributed by atoms with Crippen molar-refractivity contribution in [3.63, 3.8) is 0 Å². The van der Waals surface area contributed by atoms with E-state index in [2.05, 4.69) is 10.6 Å². The Morgan fingerprint density at radius 1 is 1.00 bits per heavy atom. The number of carbonyl (C=O) groups is 3. The molecular formula is C22H26N2O6. The Hall–Kier alpha value is -3.55. The number of hydrogen-bond donors (Lipinski definition) is 2. The molecule has 30 heavy (non-hydrogen) atoms. The van der Waals surface area contributed by atoms with Gasteiger partial charge in [-0.2, -0.15) is 0 Å². The van der Waals surface area contributed by atoms with Gasteiger partial charge in [-0.25, -0.2) is 9.59 Å². The zero-order valence-corrected chi connectivity index (χ0v) is 17.5. The first-order chi connectivity index (χ1) is 14.2. The molecule has 8 nitrogen and oxygen atoms in total. The summed E-state index contributed by atoms with van der Waals surface area (Å²) < 4.78 is 15.3. The van der Waals surface area contributed by atoms with E-state index < -0.39 is 30.2 Å². The van der Waals surface area contributed by atoms with Gasteiger partial charge in [0.15, 0.2) is 6.61 Å². The smallest absolute Gasteiger partial charge is 0.412 e. The first kappa shape index (κ1) is 22.7. The van der Waals surface area contributed by atoms with Crippen LogP contribution in [0.1, 0.15) is 36.7 Å². The molecular weight excluding hydrogens is 388 g/mol. The Bertz CT molecular complexity index is 887. The van der Waals surface area contributed by atoms with Crippen molar-refractivity contribution in [2.45, 2.75) is 32.9 Å². The summed E-state index contributed by atoms with van der Waals surface area (Å²) in [5.41, 5.74) is 0.824. The fourth-order valence-corrected chi connectivity index (χ4v) is 2.35. The van der Waals surface area contributed by atoms with Crippen molar-refractivity contribution in [1.29, 1.82) is 0 Å². The van der Waals surface area contributed by atoms with Gasteiger partial charge in [-0.15, -0.1) is 0 Å². The standard InChI is InChI=1S/C22H26N2O6/c1-22(2,3)30-21(27)24-17-7-5-6-16(12-17)20(26)29-14-19(25)23-13-15-8-10-18(28-4)11-9-15/h5-12H,13-14H2,1-4H3,(H,23,25)(H,24,27). The summed E-state index contributed by atoms with van der Waals surface area (Å²) >= 11 is 0. The van der Waals surface area contributed by atoms with E-state index in [4.69, 9.17) is 14.2 Å². The van der Waals surface area contributed by atoms with Crippen LogP contribution in [0.5, 0.6) is 5.75 Å². The average Bonchev–Trinajstić information content (AvgIpc) is 2.69. The average molecular weight is 414 g/mol. The second kappa shape index (κ2) is 10.3. The normalized spacial score (nSPS) is 10.7. The Morgan fingerprint density at radius 2 is 1.70 bits per heavy atom. The maximum atomic E-state index is 12.2. The number of ether oxygens (including phenoxy) is 3. The summed E-state index contributed by atoms with van der Waals surface area (Å²) in [5, 5.41) is 5.22. The number of esters is 1. The topological polar surface area (TPSA) is 103 Å². The molecule has 2 aromatic carbocycles. The van der Waals surface area contributed by atoms with Gasteiger partial charge in [0.25, 0.3) is 5.91 Å². The molecule has 0 unspecified atom stereocenters. The maximum Gasteiger partial charge on any atom is 0.412 e. The number of rotatable bonds is 7. The monoisotopic (exact) mass is 414 g/mol. The third kappa shape index (κ3) is 7.83. The molecule has 0 bridgehead atoms. The van der Waals surface area contributed by atoms with Gasteiger partial charge in [0.05, 0.1) is 12.7 Å². The quantitative estimate of drug-likeness (QED) is 0.672. The molecule has 0 atom stereocenters. The summed E-state index contributed by atoms with van der Waals surface area (Å²) in [7, 11) is 1.58. The summed E-state index contributed by atoms with van der Waals surface area (Å²) in [6.45, 7) is 5.13. The minimum absolute atomic E-state index is 0.200. The lowest BCUT2D eigenvalue weighted by molar-refractivity contribution is -0.124. The van der Waals surface area contributed by atoms with E-state index in [9.17, 15) is 14.4 Å². The molecule has 2 rings (SSSR count). The zero-order chi connectivity index (χ0) is 22.1. The summed E-state index contributed by atoms with van der Waals surface area (Å²) in [6.07, 6.45) is -0.633. The summed E-state index contributed by atoms with van der Waals surface area (Å²) in [6, 6.07) is 13.4. The largest absolute Gasteiger partial charge is 0.497 e. The lowest BCUT2D eigenvalue weighted by atomic mass is 10.2. The number of amides is 2. The van der Waals surface area contributed by atoms with Crippen LogP contribution in [0.3, 0.4) is 0 Å².